The SMILES string of the molecule is CNCC(=O)N1CC2(CC1C(=O)NCc1cc(-c3nc(N)cs3)cs1)OCCO2. The van der Waals surface area contributed by atoms with E-state index in [1.807, 2.05) is 11.4 Å². The number of carbonyl (C=O) groups is 2. The number of amides is 2. The van der Waals surface area contributed by atoms with Gasteiger partial charge < -0.3 is 30.7 Å². The number of anilines is 1. The van der Waals surface area contributed by atoms with Crippen LogP contribution >= 0.6 is 22.7 Å². The summed E-state index contributed by atoms with van der Waals surface area (Å²) in [4.78, 5) is 32.2. The van der Waals surface area contributed by atoms with Crippen LogP contribution in [0, 0.1) is 0 Å². The van der Waals surface area contributed by atoms with E-state index < -0.39 is 11.8 Å². The number of ether oxygens (including phenoxy) is 2. The van der Waals surface area contributed by atoms with Crippen LogP contribution in [0.5, 0.6) is 0 Å². The molecule has 4 N–H and O–H groups in total. The molecule has 2 fully saturated rings. The molecule has 2 aliphatic rings. The third kappa shape index (κ3) is 4.28. The molecule has 2 amide bonds. The van der Waals surface area contributed by atoms with Crippen LogP contribution in [0.4, 0.5) is 5.82 Å². The van der Waals surface area contributed by atoms with Crippen molar-refractivity contribution in [3.8, 4) is 10.6 Å². The average molecular weight is 438 g/mol. The number of thiophene rings is 1. The van der Waals surface area contributed by atoms with E-state index in [-0.39, 0.29) is 24.9 Å². The second-order valence-corrected chi connectivity index (χ2v) is 8.83. The Morgan fingerprint density at radius 2 is 2.14 bits per heavy atom. The lowest BCUT2D eigenvalue weighted by molar-refractivity contribution is -0.152. The lowest BCUT2D eigenvalue weighted by Crippen LogP contribution is -2.48. The van der Waals surface area contributed by atoms with Gasteiger partial charge in [-0.25, -0.2) is 4.98 Å². The molecular weight excluding hydrogens is 414 g/mol. The van der Waals surface area contributed by atoms with Gasteiger partial charge >= 0.3 is 0 Å². The number of likely N-dealkylation sites (N-methyl/N-ethyl adjacent to an activating group) is 1. The van der Waals surface area contributed by atoms with E-state index in [4.69, 9.17) is 15.2 Å². The van der Waals surface area contributed by atoms with Crippen LogP contribution in [0.25, 0.3) is 10.6 Å². The lowest BCUT2D eigenvalue weighted by atomic mass is 10.1. The molecule has 1 spiro atoms. The van der Waals surface area contributed by atoms with Crippen molar-refractivity contribution in [2.75, 3.05) is 39.1 Å². The van der Waals surface area contributed by atoms with Crippen LogP contribution < -0.4 is 16.4 Å². The highest BCUT2D eigenvalue weighted by Gasteiger charge is 2.52. The Labute approximate surface area is 176 Å². The van der Waals surface area contributed by atoms with Crippen LogP contribution in [0.3, 0.4) is 0 Å². The Morgan fingerprint density at radius 3 is 2.83 bits per heavy atom. The van der Waals surface area contributed by atoms with E-state index in [1.165, 1.54) is 11.3 Å². The summed E-state index contributed by atoms with van der Waals surface area (Å²) in [6.07, 6.45) is 0.336. The maximum Gasteiger partial charge on any atom is 0.243 e. The largest absolute Gasteiger partial charge is 0.383 e. The van der Waals surface area contributed by atoms with Crippen molar-refractivity contribution in [3.63, 3.8) is 0 Å². The number of nitrogens with two attached hydrogens (primary N) is 1. The van der Waals surface area contributed by atoms with E-state index in [0.29, 0.717) is 32.0 Å². The molecule has 9 nitrogen and oxygen atoms in total. The van der Waals surface area contributed by atoms with Gasteiger partial charge in [-0.15, -0.1) is 22.7 Å². The van der Waals surface area contributed by atoms with Gasteiger partial charge in [-0.3, -0.25) is 9.59 Å². The van der Waals surface area contributed by atoms with Crippen LogP contribution in [-0.4, -0.2) is 66.9 Å². The standard InChI is InChI=1S/C18H23N5O4S2/c1-20-7-15(24)23-10-18(26-2-3-27-18)5-13(23)16(25)21-6-12-4-11(8-28-12)17-22-14(19)9-29-17/h4,8-9,13,20H,2-3,5-7,10,19H2,1H3,(H,21,25). The maximum atomic E-state index is 12.9. The van der Waals surface area contributed by atoms with E-state index >= 15 is 0 Å². The van der Waals surface area contributed by atoms with Crippen molar-refractivity contribution >= 4 is 40.3 Å². The summed E-state index contributed by atoms with van der Waals surface area (Å²) in [6, 6.07) is 1.37. The Balaban J connectivity index is 1.41. The monoisotopic (exact) mass is 437 g/mol. The molecule has 0 aliphatic carbocycles. The van der Waals surface area contributed by atoms with Gasteiger partial charge in [-0.1, -0.05) is 0 Å². The number of thiazole rings is 1. The predicted octanol–water partition coefficient (Wildman–Crippen LogP) is 0.633. The number of carbonyl (C=O) groups excluding carboxylic acids is 2. The predicted molar refractivity (Wildman–Crippen MR) is 110 cm³/mol. The van der Waals surface area contributed by atoms with Crippen molar-refractivity contribution < 1.29 is 19.1 Å². The van der Waals surface area contributed by atoms with E-state index in [1.54, 1.807) is 28.7 Å². The molecule has 4 heterocycles. The molecule has 156 valence electrons. The fourth-order valence-corrected chi connectivity index (χ4v) is 5.17. The highest BCUT2D eigenvalue weighted by molar-refractivity contribution is 7.14. The van der Waals surface area contributed by atoms with Gasteiger partial charge in [0.05, 0.1) is 32.8 Å². The van der Waals surface area contributed by atoms with Gasteiger partial charge in [0, 0.05) is 27.6 Å². The molecule has 29 heavy (non-hydrogen) atoms. The minimum Gasteiger partial charge on any atom is -0.383 e. The molecule has 1 unspecified atom stereocenters. The van der Waals surface area contributed by atoms with Gasteiger partial charge in [-0.05, 0) is 13.1 Å². The summed E-state index contributed by atoms with van der Waals surface area (Å²) in [5.74, 6) is -0.724. The number of nitrogens with zero attached hydrogens (tertiary/aromatic N) is 2. The van der Waals surface area contributed by atoms with Crippen LogP contribution in [0.2, 0.25) is 0 Å². The summed E-state index contributed by atoms with van der Waals surface area (Å²) >= 11 is 3.03. The third-order valence-electron chi connectivity index (χ3n) is 4.92. The van der Waals surface area contributed by atoms with Gasteiger partial charge in [0.15, 0.2) is 5.79 Å². The zero-order valence-corrected chi connectivity index (χ0v) is 17.6. The van der Waals surface area contributed by atoms with Crippen molar-refractivity contribution in [1.82, 2.24) is 20.5 Å². The summed E-state index contributed by atoms with van der Waals surface area (Å²) in [7, 11) is 1.70. The van der Waals surface area contributed by atoms with Crippen molar-refractivity contribution in [2.45, 2.75) is 24.8 Å². The second-order valence-electron chi connectivity index (χ2n) is 6.98. The number of aromatic nitrogens is 1. The molecule has 0 radical (unpaired) electrons. The minimum atomic E-state index is -0.869. The normalized spacial score (nSPS) is 20.4. The Morgan fingerprint density at radius 1 is 1.34 bits per heavy atom. The highest BCUT2D eigenvalue weighted by atomic mass is 32.1. The molecule has 11 heteroatoms. The molecule has 2 saturated heterocycles. The number of rotatable bonds is 6. The Bertz CT molecular complexity index is 892. The zero-order chi connectivity index (χ0) is 20.4. The topological polar surface area (TPSA) is 119 Å². The first-order valence-electron chi connectivity index (χ1n) is 9.28. The summed E-state index contributed by atoms with van der Waals surface area (Å²) < 4.78 is 11.5. The lowest BCUT2D eigenvalue weighted by Gasteiger charge is -2.24. The quantitative estimate of drug-likeness (QED) is 0.607. The fraction of sp³-hybridized carbons (Fsp3) is 0.500. The highest BCUT2D eigenvalue weighted by Crippen LogP contribution is 2.35. The molecule has 0 saturated carbocycles. The van der Waals surface area contributed by atoms with E-state index in [0.717, 1.165) is 15.4 Å². The number of nitrogen functional groups attached to an aromatic ring is 1. The van der Waals surface area contributed by atoms with Gasteiger partial charge in [0.25, 0.3) is 0 Å². The van der Waals surface area contributed by atoms with Crippen LogP contribution in [0.15, 0.2) is 16.8 Å². The minimum absolute atomic E-state index is 0.150. The molecule has 1 atom stereocenters. The molecule has 2 aliphatic heterocycles. The maximum absolute atomic E-state index is 12.9. The number of hydrogen-bond donors (Lipinski definition) is 3. The van der Waals surface area contributed by atoms with Crippen molar-refractivity contribution in [3.05, 3.63) is 21.7 Å². The summed E-state index contributed by atoms with van der Waals surface area (Å²) in [5, 5.41) is 10.4. The smallest absolute Gasteiger partial charge is 0.243 e. The first kappa shape index (κ1) is 20.2. The Kier molecular flexibility index (Phi) is 5.83. The van der Waals surface area contributed by atoms with Crippen molar-refractivity contribution in [2.24, 2.45) is 0 Å². The average Bonchev–Trinajstić information content (AvgIpc) is 3.48. The molecule has 2 aromatic rings. The van der Waals surface area contributed by atoms with Gasteiger partial charge in [-0.2, -0.15) is 0 Å². The first-order valence-corrected chi connectivity index (χ1v) is 11.0. The van der Waals surface area contributed by atoms with Crippen LogP contribution in [-0.2, 0) is 25.6 Å². The molecule has 0 aromatic carbocycles. The summed E-state index contributed by atoms with van der Waals surface area (Å²) in [6.45, 7) is 1.75. The molecular formula is C18H23N5O4S2. The van der Waals surface area contributed by atoms with Gasteiger partial charge in [0.1, 0.15) is 16.9 Å². The number of likely N-dealkylation sites (tertiary alicyclic amines) is 1. The molecule has 0 bridgehead atoms. The number of nitrogens with one attached hydrogen (secondary N) is 2. The zero-order valence-electron chi connectivity index (χ0n) is 16.0. The Hall–Kier alpha value is -2.05. The fourth-order valence-electron chi connectivity index (χ4n) is 3.59. The summed E-state index contributed by atoms with van der Waals surface area (Å²) in [5.41, 5.74) is 6.67. The van der Waals surface area contributed by atoms with Gasteiger partial charge in [0.2, 0.25) is 11.8 Å². The van der Waals surface area contributed by atoms with E-state index in [2.05, 4.69) is 15.6 Å². The first-order chi connectivity index (χ1) is 14.0. The van der Waals surface area contributed by atoms with Crippen molar-refractivity contribution in [1.29, 1.82) is 0 Å². The number of hydrogen-bond acceptors (Lipinski definition) is 9. The second kappa shape index (κ2) is 8.36. The van der Waals surface area contributed by atoms with Crippen LogP contribution in [0.1, 0.15) is 11.3 Å². The molecule has 4 rings (SSSR count). The third-order valence-corrected chi connectivity index (χ3v) is 6.76. The molecule has 2 aromatic heterocycles. The van der Waals surface area contributed by atoms with E-state index in [9.17, 15) is 9.59 Å².